The molecule has 0 unspecified atom stereocenters. The van der Waals surface area contributed by atoms with Gasteiger partial charge in [-0.25, -0.2) is 8.42 Å². The summed E-state index contributed by atoms with van der Waals surface area (Å²) in [5.41, 5.74) is 0.704. The number of rotatable bonds is 5. The van der Waals surface area contributed by atoms with Gasteiger partial charge in [-0.1, -0.05) is 6.07 Å². The number of para-hydroxylation sites is 1. The van der Waals surface area contributed by atoms with Crippen molar-refractivity contribution >= 4 is 52.6 Å². The fraction of sp³-hybridized carbons (Fsp3) is 0.0476. The van der Waals surface area contributed by atoms with Gasteiger partial charge in [0.1, 0.15) is 11.5 Å². The van der Waals surface area contributed by atoms with Gasteiger partial charge in [0, 0.05) is 17.1 Å². The van der Waals surface area contributed by atoms with Crippen LogP contribution in [0.1, 0.15) is 0 Å². The number of aromatic amines is 1. The molecule has 0 radical (unpaired) electrons. The molecule has 0 spiro atoms. The number of nitrogens with one attached hydrogen (secondary N) is 1. The summed E-state index contributed by atoms with van der Waals surface area (Å²) in [6.07, 6.45) is 1.50. The van der Waals surface area contributed by atoms with E-state index < -0.39 is 9.84 Å². The van der Waals surface area contributed by atoms with Crippen LogP contribution in [-0.4, -0.2) is 20.5 Å². The minimum atomic E-state index is -3.71. The summed E-state index contributed by atoms with van der Waals surface area (Å²) in [7, 11) is -2.18. The topological polar surface area (TPSA) is 68.4 Å². The second kappa shape index (κ2) is 7.85. The lowest BCUT2D eigenvalue weighted by atomic mass is 10.2. The van der Waals surface area contributed by atoms with E-state index in [1.165, 1.54) is 25.4 Å². The van der Waals surface area contributed by atoms with Crippen LogP contribution in [0.4, 0.5) is 0 Å². The zero-order valence-electron chi connectivity index (χ0n) is 15.1. The molecule has 0 aliphatic carbocycles. The summed E-state index contributed by atoms with van der Waals surface area (Å²) in [5.74, 6) is 1.73. The molecule has 0 aliphatic rings. The van der Waals surface area contributed by atoms with Gasteiger partial charge >= 0.3 is 0 Å². The molecule has 4 aromatic rings. The highest BCUT2D eigenvalue weighted by molar-refractivity contribution is 9.11. The van der Waals surface area contributed by atoms with Gasteiger partial charge in [-0.3, -0.25) is 0 Å². The van der Waals surface area contributed by atoms with E-state index in [-0.39, 0.29) is 9.79 Å². The molecule has 3 aromatic carbocycles. The first-order valence-corrected chi connectivity index (χ1v) is 11.6. The Bertz CT molecular complexity index is 1280. The molecule has 1 heterocycles. The molecule has 5 nitrogen and oxygen atoms in total. The second-order valence-corrected chi connectivity index (χ2v) is 9.82. The highest BCUT2D eigenvalue weighted by atomic mass is 79.9. The van der Waals surface area contributed by atoms with E-state index in [0.717, 1.165) is 8.95 Å². The molecule has 0 aliphatic heterocycles. The number of halogens is 2. The van der Waals surface area contributed by atoms with Crippen molar-refractivity contribution in [3.8, 4) is 17.2 Å². The monoisotopic (exact) mass is 535 g/mol. The predicted octanol–water partition coefficient (Wildman–Crippen LogP) is 6.33. The minimum absolute atomic E-state index is 0.189. The van der Waals surface area contributed by atoms with Crippen LogP contribution in [0.2, 0.25) is 0 Å². The van der Waals surface area contributed by atoms with E-state index >= 15 is 0 Å². The van der Waals surface area contributed by atoms with Crippen molar-refractivity contribution in [1.82, 2.24) is 4.98 Å². The number of fused-ring (bicyclic) bond motifs is 1. The Hall–Kier alpha value is -2.29. The SMILES string of the molecule is COc1ccc(S(=O)(=O)c2c[nH]c3ccc(Oc4c(Br)cccc4Br)cc23)cc1. The standard InChI is InChI=1S/C21H15Br2NO4S/c1-27-13-5-8-15(9-6-13)29(25,26)20-12-24-19-10-7-14(11-16(19)20)28-21-17(22)3-2-4-18(21)23/h2-12,24H,1H3. The molecule has 0 bridgehead atoms. The fourth-order valence-corrected chi connectivity index (χ4v) is 5.52. The van der Waals surface area contributed by atoms with Crippen molar-refractivity contribution in [2.75, 3.05) is 7.11 Å². The van der Waals surface area contributed by atoms with Gasteiger partial charge < -0.3 is 14.5 Å². The van der Waals surface area contributed by atoms with Gasteiger partial charge in [0.2, 0.25) is 9.84 Å². The van der Waals surface area contributed by atoms with Crippen LogP contribution in [-0.2, 0) is 9.84 Å². The summed E-state index contributed by atoms with van der Waals surface area (Å²) in [4.78, 5) is 3.41. The number of H-pyrrole nitrogens is 1. The Kier molecular flexibility index (Phi) is 5.42. The minimum Gasteiger partial charge on any atom is -0.497 e. The molecular weight excluding hydrogens is 522 g/mol. The maximum absolute atomic E-state index is 13.2. The number of hydrogen-bond acceptors (Lipinski definition) is 4. The molecule has 29 heavy (non-hydrogen) atoms. The number of benzene rings is 3. The highest BCUT2D eigenvalue weighted by Gasteiger charge is 2.22. The van der Waals surface area contributed by atoms with Gasteiger partial charge in [0.15, 0.2) is 5.75 Å². The number of methoxy groups -OCH3 is 1. The third-order valence-corrected chi connectivity index (χ3v) is 7.47. The summed E-state index contributed by atoms with van der Waals surface area (Å²) in [6, 6.07) is 17.2. The smallest absolute Gasteiger partial charge is 0.208 e. The van der Waals surface area contributed by atoms with E-state index in [2.05, 4.69) is 36.8 Å². The van der Waals surface area contributed by atoms with Crippen molar-refractivity contribution in [3.05, 3.63) is 75.8 Å². The Morgan fingerprint density at radius 3 is 2.21 bits per heavy atom. The van der Waals surface area contributed by atoms with Crippen LogP contribution in [0, 0.1) is 0 Å². The quantitative estimate of drug-likeness (QED) is 0.324. The van der Waals surface area contributed by atoms with Gasteiger partial charge in [-0.15, -0.1) is 0 Å². The largest absolute Gasteiger partial charge is 0.497 e. The van der Waals surface area contributed by atoms with Crippen molar-refractivity contribution in [3.63, 3.8) is 0 Å². The number of aromatic nitrogens is 1. The lowest BCUT2D eigenvalue weighted by molar-refractivity contribution is 0.414. The van der Waals surface area contributed by atoms with E-state index in [9.17, 15) is 8.42 Å². The molecular formula is C21H15Br2NO4S. The van der Waals surface area contributed by atoms with E-state index in [4.69, 9.17) is 9.47 Å². The first-order chi connectivity index (χ1) is 13.9. The van der Waals surface area contributed by atoms with Gasteiger partial charge in [-0.05, 0) is 86.5 Å². The molecule has 8 heteroatoms. The average Bonchev–Trinajstić information content (AvgIpc) is 3.15. The summed E-state index contributed by atoms with van der Waals surface area (Å²) in [5, 5.41) is 0.557. The second-order valence-electron chi connectivity index (χ2n) is 6.19. The first-order valence-electron chi connectivity index (χ1n) is 8.52. The van der Waals surface area contributed by atoms with Gasteiger partial charge in [0.05, 0.1) is 25.8 Å². The third-order valence-electron chi connectivity index (χ3n) is 4.41. The highest BCUT2D eigenvalue weighted by Crippen LogP contribution is 2.38. The van der Waals surface area contributed by atoms with Gasteiger partial charge in [0.25, 0.3) is 0 Å². The third kappa shape index (κ3) is 3.80. The zero-order valence-corrected chi connectivity index (χ0v) is 19.1. The molecule has 0 saturated carbocycles. The van der Waals surface area contributed by atoms with E-state index in [1.54, 1.807) is 30.3 Å². The van der Waals surface area contributed by atoms with Crippen LogP contribution in [0.3, 0.4) is 0 Å². The van der Waals surface area contributed by atoms with Crippen molar-refractivity contribution in [2.24, 2.45) is 0 Å². The summed E-state index contributed by atoms with van der Waals surface area (Å²) in [6.45, 7) is 0. The average molecular weight is 537 g/mol. The first kappa shape index (κ1) is 20.0. The van der Waals surface area contributed by atoms with Crippen LogP contribution >= 0.6 is 31.9 Å². The molecule has 148 valence electrons. The van der Waals surface area contributed by atoms with Crippen LogP contribution in [0.5, 0.6) is 17.2 Å². The van der Waals surface area contributed by atoms with Crippen LogP contribution in [0.25, 0.3) is 10.9 Å². The Morgan fingerprint density at radius 1 is 0.897 bits per heavy atom. The summed E-state index contributed by atoms with van der Waals surface area (Å²) < 4.78 is 39.0. The maximum atomic E-state index is 13.2. The van der Waals surface area contributed by atoms with E-state index in [0.29, 0.717) is 28.2 Å². The van der Waals surface area contributed by atoms with Crippen LogP contribution < -0.4 is 9.47 Å². The molecule has 0 fully saturated rings. The predicted molar refractivity (Wildman–Crippen MR) is 119 cm³/mol. The zero-order chi connectivity index (χ0) is 20.6. The van der Waals surface area contributed by atoms with Gasteiger partial charge in [-0.2, -0.15) is 0 Å². The normalized spacial score (nSPS) is 11.6. The molecule has 0 amide bonds. The maximum Gasteiger partial charge on any atom is 0.208 e. The van der Waals surface area contributed by atoms with Crippen molar-refractivity contribution < 1.29 is 17.9 Å². The summed E-state index contributed by atoms with van der Waals surface area (Å²) >= 11 is 6.94. The Balaban J connectivity index is 1.77. The Morgan fingerprint density at radius 2 is 1.55 bits per heavy atom. The number of hydrogen-bond donors (Lipinski definition) is 1. The molecule has 1 N–H and O–H groups in total. The van der Waals surface area contributed by atoms with E-state index in [1.807, 2.05) is 18.2 Å². The van der Waals surface area contributed by atoms with Crippen molar-refractivity contribution in [2.45, 2.75) is 9.79 Å². The number of sulfone groups is 1. The molecule has 0 saturated heterocycles. The fourth-order valence-electron chi connectivity index (χ4n) is 2.94. The molecule has 0 atom stereocenters. The molecule has 4 rings (SSSR count). The molecule has 1 aromatic heterocycles. The lowest BCUT2D eigenvalue weighted by Crippen LogP contribution is -2.01. The van der Waals surface area contributed by atoms with Crippen LogP contribution in [0.15, 0.2) is 85.6 Å². The lowest BCUT2D eigenvalue weighted by Gasteiger charge is -2.10. The number of ether oxygens (including phenoxy) is 2. The van der Waals surface area contributed by atoms with Crippen molar-refractivity contribution in [1.29, 1.82) is 0 Å². The Labute approximate surface area is 184 Å².